The number of nitriles is 1. The van der Waals surface area contributed by atoms with Gasteiger partial charge in [-0.05, 0) is 96.8 Å². The lowest BCUT2D eigenvalue weighted by Gasteiger charge is -2.43. The van der Waals surface area contributed by atoms with Crippen LogP contribution in [0.2, 0.25) is 0 Å². The van der Waals surface area contributed by atoms with E-state index < -0.39 is 6.09 Å². The summed E-state index contributed by atoms with van der Waals surface area (Å²) in [7, 11) is 0. The van der Waals surface area contributed by atoms with E-state index >= 15 is 0 Å². The highest BCUT2D eigenvalue weighted by Crippen LogP contribution is 2.45. The Labute approximate surface area is 281 Å². The van der Waals surface area contributed by atoms with Gasteiger partial charge in [0, 0.05) is 31.9 Å². The quantitative estimate of drug-likeness (QED) is 0.328. The third kappa shape index (κ3) is 11.8. The fourth-order valence-electron chi connectivity index (χ4n) is 6.53. The number of piperazine rings is 1. The summed E-state index contributed by atoms with van der Waals surface area (Å²) < 4.78 is 13.2. The van der Waals surface area contributed by atoms with Gasteiger partial charge >= 0.3 is 12.1 Å². The Kier molecular flexibility index (Phi) is 12.8. The lowest BCUT2D eigenvalue weighted by Crippen LogP contribution is -2.60. The van der Waals surface area contributed by atoms with E-state index in [1.807, 2.05) is 12.1 Å². The molecule has 0 saturated carbocycles. The summed E-state index contributed by atoms with van der Waals surface area (Å²) in [6.07, 6.45) is 3.22. The van der Waals surface area contributed by atoms with Gasteiger partial charge in [-0.1, -0.05) is 73.6 Å². The van der Waals surface area contributed by atoms with Crippen LogP contribution < -0.4 is 5.32 Å². The van der Waals surface area contributed by atoms with Crippen molar-refractivity contribution in [2.45, 2.75) is 87.1 Å². The molecule has 2 saturated heterocycles. The summed E-state index contributed by atoms with van der Waals surface area (Å²) in [5, 5.41) is 21.6. The van der Waals surface area contributed by atoms with Crippen molar-refractivity contribution < 1.29 is 19.1 Å². The second kappa shape index (κ2) is 16.0. The molecule has 4 rings (SSSR count). The summed E-state index contributed by atoms with van der Waals surface area (Å²) in [6.45, 7) is 21.9. The molecule has 0 spiro atoms. The zero-order valence-corrected chi connectivity index (χ0v) is 29.8. The molecule has 2 fully saturated rings. The number of halogens is 1. The molecule has 9 heteroatoms. The number of anilines is 1. The molecule has 0 aliphatic carbocycles. The van der Waals surface area contributed by atoms with Crippen LogP contribution in [0, 0.1) is 39.3 Å². The number of nitrogens with zero attached hydrogens (tertiary/aromatic N) is 4. The van der Waals surface area contributed by atoms with Crippen LogP contribution >= 0.6 is 0 Å². The van der Waals surface area contributed by atoms with Gasteiger partial charge in [-0.2, -0.15) is 5.26 Å². The Hall–Kier alpha value is -3.64. The van der Waals surface area contributed by atoms with E-state index in [4.69, 9.17) is 5.26 Å². The third-order valence-electron chi connectivity index (χ3n) is 9.87. The van der Waals surface area contributed by atoms with Crippen molar-refractivity contribution in [1.82, 2.24) is 14.7 Å². The average Bonchev–Trinajstić information content (AvgIpc) is 2.98. The first kappa shape index (κ1) is 37.8. The first-order valence-corrected chi connectivity index (χ1v) is 16.9. The second-order valence-corrected chi connectivity index (χ2v) is 16.1. The van der Waals surface area contributed by atoms with Gasteiger partial charge in [0.25, 0.3) is 0 Å². The Balaban J connectivity index is 0.000000426. The van der Waals surface area contributed by atoms with Gasteiger partial charge in [-0.15, -0.1) is 0 Å². The average molecular weight is 650 g/mol. The van der Waals surface area contributed by atoms with Crippen LogP contribution in [0.5, 0.6) is 0 Å². The Morgan fingerprint density at radius 3 is 2.13 bits per heavy atom. The predicted molar refractivity (Wildman–Crippen MR) is 187 cm³/mol. The standard InChI is InChI=1S/C26H30FN5O3.C12H26/c27-22-6-4-19(5-7-22)14-20-8-10-30(11-9-20)17-24-18-31(12-13-32(24)26(34)35)25(33)29-23-3-1-2-21(15-23)16-28;1-10(2,3)9-12(7,8)11(4,5)6/h1-7,15,20,24H,8-14,17-18H2,(H,29,33)(H,34,35);9H2,1-8H3. The van der Waals surface area contributed by atoms with Crippen LogP contribution in [0.25, 0.3) is 0 Å². The first-order valence-electron chi connectivity index (χ1n) is 16.9. The molecular weight excluding hydrogens is 593 g/mol. The van der Waals surface area contributed by atoms with Gasteiger partial charge in [-0.3, -0.25) is 0 Å². The molecule has 0 bridgehead atoms. The van der Waals surface area contributed by atoms with Crippen LogP contribution in [-0.2, 0) is 6.42 Å². The number of amides is 3. The van der Waals surface area contributed by atoms with Gasteiger partial charge in [0.05, 0.1) is 17.7 Å². The molecule has 0 aromatic heterocycles. The van der Waals surface area contributed by atoms with Crippen molar-refractivity contribution in [3.05, 3.63) is 65.5 Å². The predicted octanol–water partition coefficient (Wildman–Crippen LogP) is 8.34. The van der Waals surface area contributed by atoms with E-state index in [0.29, 0.717) is 53.0 Å². The zero-order valence-electron chi connectivity index (χ0n) is 29.8. The summed E-state index contributed by atoms with van der Waals surface area (Å²) in [5.41, 5.74) is 3.40. The Bertz CT molecular complexity index is 1370. The molecule has 0 radical (unpaired) electrons. The molecule has 3 amide bonds. The maximum atomic E-state index is 13.2. The summed E-state index contributed by atoms with van der Waals surface area (Å²) in [6, 6.07) is 14.8. The number of carbonyl (C=O) groups is 2. The van der Waals surface area contributed by atoms with Crippen LogP contribution in [0.1, 0.15) is 85.8 Å². The molecule has 47 heavy (non-hydrogen) atoms. The van der Waals surface area contributed by atoms with Crippen molar-refractivity contribution >= 4 is 17.8 Å². The van der Waals surface area contributed by atoms with E-state index in [0.717, 1.165) is 37.9 Å². The monoisotopic (exact) mass is 649 g/mol. The van der Waals surface area contributed by atoms with Crippen molar-refractivity contribution in [1.29, 1.82) is 5.26 Å². The molecule has 2 N–H and O–H groups in total. The number of rotatable bonds is 6. The highest BCUT2D eigenvalue weighted by molar-refractivity contribution is 5.89. The molecule has 1 unspecified atom stereocenters. The number of carbonyl (C=O) groups excluding carboxylic acids is 1. The van der Waals surface area contributed by atoms with Crippen molar-refractivity contribution in [2.24, 2.45) is 22.2 Å². The molecule has 2 heterocycles. The van der Waals surface area contributed by atoms with Crippen LogP contribution in [0.15, 0.2) is 48.5 Å². The number of nitrogens with one attached hydrogen (secondary N) is 1. The topological polar surface area (TPSA) is 99.9 Å². The number of hydrogen-bond acceptors (Lipinski definition) is 4. The lowest BCUT2D eigenvalue weighted by atomic mass is 9.63. The number of carboxylic acid groups (broad SMARTS) is 1. The van der Waals surface area contributed by atoms with E-state index in [1.54, 1.807) is 29.2 Å². The van der Waals surface area contributed by atoms with E-state index in [2.05, 4.69) is 71.7 Å². The number of urea groups is 1. The van der Waals surface area contributed by atoms with Crippen LogP contribution in [-0.4, -0.2) is 77.2 Å². The SMILES string of the molecule is CC(C)(C)CC(C)(C)C(C)(C)C.N#Cc1cccc(NC(=O)N2CCN(C(=O)O)C(CN3CCC(Cc4ccc(F)cc4)CC3)C2)c1. The van der Waals surface area contributed by atoms with Gasteiger partial charge in [-0.25, -0.2) is 14.0 Å². The maximum absolute atomic E-state index is 13.2. The van der Waals surface area contributed by atoms with Gasteiger partial charge < -0.3 is 25.1 Å². The summed E-state index contributed by atoms with van der Waals surface area (Å²) in [4.78, 5) is 30.1. The van der Waals surface area contributed by atoms with E-state index in [9.17, 15) is 19.1 Å². The van der Waals surface area contributed by atoms with Crippen molar-refractivity contribution in [2.75, 3.05) is 44.6 Å². The molecular formula is C38H56FN5O3. The molecule has 2 aromatic rings. The highest BCUT2D eigenvalue weighted by atomic mass is 19.1. The third-order valence-corrected chi connectivity index (χ3v) is 9.87. The Morgan fingerprint density at radius 1 is 0.957 bits per heavy atom. The van der Waals surface area contributed by atoms with E-state index in [-0.39, 0.29) is 24.4 Å². The molecule has 2 aromatic carbocycles. The summed E-state index contributed by atoms with van der Waals surface area (Å²) in [5.74, 6) is 0.294. The van der Waals surface area contributed by atoms with E-state index in [1.165, 1.54) is 23.5 Å². The van der Waals surface area contributed by atoms with Gasteiger partial charge in [0.2, 0.25) is 0 Å². The molecule has 258 valence electrons. The van der Waals surface area contributed by atoms with Crippen LogP contribution in [0.4, 0.5) is 19.7 Å². The lowest BCUT2D eigenvalue weighted by molar-refractivity contribution is 0.0553. The smallest absolute Gasteiger partial charge is 0.407 e. The second-order valence-electron chi connectivity index (χ2n) is 16.1. The fourth-order valence-corrected chi connectivity index (χ4v) is 6.53. The maximum Gasteiger partial charge on any atom is 0.407 e. The van der Waals surface area contributed by atoms with Crippen LogP contribution in [0.3, 0.4) is 0 Å². The molecule has 2 aliphatic heterocycles. The number of piperidine rings is 1. The number of likely N-dealkylation sites (tertiary alicyclic amines) is 1. The van der Waals surface area contributed by atoms with Gasteiger partial charge in [0.1, 0.15) is 5.82 Å². The van der Waals surface area contributed by atoms with Crippen molar-refractivity contribution in [3.8, 4) is 6.07 Å². The van der Waals surface area contributed by atoms with Crippen molar-refractivity contribution in [3.63, 3.8) is 0 Å². The minimum Gasteiger partial charge on any atom is -0.465 e. The zero-order chi connectivity index (χ0) is 35.0. The van der Waals surface area contributed by atoms with Gasteiger partial charge in [0.15, 0.2) is 0 Å². The molecule has 1 atom stereocenters. The Morgan fingerprint density at radius 2 is 1.60 bits per heavy atom. The number of benzene rings is 2. The summed E-state index contributed by atoms with van der Waals surface area (Å²) >= 11 is 0. The molecule has 2 aliphatic rings. The number of hydrogen-bond donors (Lipinski definition) is 2. The minimum absolute atomic E-state index is 0.225. The largest absolute Gasteiger partial charge is 0.465 e. The normalized spacial score (nSPS) is 18.2. The fraction of sp³-hybridized carbons (Fsp3) is 0.605. The molecule has 8 nitrogen and oxygen atoms in total. The highest BCUT2D eigenvalue weighted by Gasteiger charge is 2.36. The first-order chi connectivity index (χ1) is 21.9. The minimum atomic E-state index is -0.969.